The van der Waals surface area contributed by atoms with Crippen LogP contribution >= 0.6 is 0 Å². The van der Waals surface area contributed by atoms with Crippen LogP contribution in [-0.2, 0) is 0 Å². The molecule has 4 heteroatoms. The van der Waals surface area contributed by atoms with Crippen LogP contribution in [0.4, 0.5) is 8.78 Å². The van der Waals surface area contributed by atoms with E-state index in [1.54, 1.807) is 13.0 Å². The molecule has 0 heterocycles. The Labute approximate surface area is 115 Å². The minimum atomic E-state index is -1.35. The van der Waals surface area contributed by atoms with Crippen molar-refractivity contribution in [2.45, 2.75) is 12.8 Å². The molecule has 0 fully saturated rings. The molecule has 0 aliphatic heterocycles. The van der Waals surface area contributed by atoms with Gasteiger partial charge in [0.2, 0.25) is 0 Å². The van der Waals surface area contributed by atoms with E-state index in [4.69, 9.17) is 5.26 Å². The monoisotopic (exact) mass is 271 g/mol. The number of hydrogen-bond acceptors (Lipinski definition) is 2. The van der Waals surface area contributed by atoms with Gasteiger partial charge in [-0.1, -0.05) is 29.8 Å². The third-order valence-electron chi connectivity index (χ3n) is 2.99. The lowest BCUT2D eigenvalue weighted by molar-refractivity contribution is 0.0973. The van der Waals surface area contributed by atoms with Crippen molar-refractivity contribution in [3.8, 4) is 6.07 Å². The molecule has 0 spiro atoms. The quantitative estimate of drug-likeness (QED) is 0.797. The smallest absolute Gasteiger partial charge is 0.187 e. The number of nitriles is 1. The van der Waals surface area contributed by atoms with Crippen LogP contribution in [0.3, 0.4) is 0 Å². The number of carbonyl (C=O) groups excluding carboxylic acids is 1. The standard InChI is InChI=1S/C16H11F2NO/c1-10-6-7-15(18)12(8-10)16(20)13(9-19)11-4-2-3-5-14(11)17/h2-8,13H,1H3. The summed E-state index contributed by atoms with van der Waals surface area (Å²) in [6, 6.07) is 11.3. The highest BCUT2D eigenvalue weighted by Gasteiger charge is 2.26. The van der Waals surface area contributed by atoms with E-state index in [9.17, 15) is 13.6 Å². The molecule has 1 unspecified atom stereocenters. The summed E-state index contributed by atoms with van der Waals surface area (Å²) in [7, 11) is 0. The Morgan fingerprint density at radius 2 is 1.85 bits per heavy atom. The van der Waals surface area contributed by atoms with Gasteiger partial charge in [-0.2, -0.15) is 5.26 Å². The molecule has 0 saturated carbocycles. The van der Waals surface area contributed by atoms with Gasteiger partial charge in [0, 0.05) is 5.56 Å². The fourth-order valence-electron chi connectivity index (χ4n) is 1.96. The van der Waals surface area contributed by atoms with Crippen LogP contribution in [0.2, 0.25) is 0 Å². The largest absolute Gasteiger partial charge is 0.292 e. The molecule has 100 valence electrons. The molecule has 2 nitrogen and oxygen atoms in total. The second-order valence-electron chi connectivity index (χ2n) is 4.43. The molecular weight excluding hydrogens is 260 g/mol. The molecule has 0 aromatic heterocycles. The Morgan fingerprint density at radius 3 is 2.50 bits per heavy atom. The van der Waals surface area contributed by atoms with Crippen molar-refractivity contribution in [3.63, 3.8) is 0 Å². The second kappa shape index (κ2) is 5.62. The van der Waals surface area contributed by atoms with Gasteiger partial charge in [-0.25, -0.2) is 8.78 Å². The molecule has 1 atom stereocenters. The van der Waals surface area contributed by atoms with Gasteiger partial charge in [0.25, 0.3) is 0 Å². The van der Waals surface area contributed by atoms with Gasteiger partial charge in [-0.15, -0.1) is 0 Å². The predicted molar refractivity (Wildman–Crippen MR) is 70.2 cm³/mol. The number of carbonyl (C=O) groups is 1. The fraction of sp³-hybridized carbons (Fsp3) is 0.125. The molecule has 0 aliphatic rings. The number of aryl methyl sites for hydroxylation is 1. The molecule has 0 amide bonds. The molecular formula is C16H11F2NO. The molecule has 2 aromatic carbocycles. The summed E-state index contributed by atoms with van der Waals surface area (Å²) in [4.78, 5) is 12.3. The van der Waals surface area contributed by atoms with Gasteiger partial charge in [-0.3, -0.25) is 4.79 Å². The number of benzene rings is 2. The van der Waals surface area contributed by atoms with Crippen LogP contribution in [0.5, 0.6) is 0 Å². The maximum atomic E-state index is 13.7. The number of rotatable bonds is 3. The molecule has 0 radical (unpaired) electrons. The maximum absolute atomic E-state index is 13.7. The van der Waals surface area contributed by atoms with E-state index in [2.05, 4.69) is 0 Å². The number of hydrogen-bond donors (Lipinski definition) is 0. The van der Waals surface area contributed by atoms with Gasteiger partial charge >= 0.3 is 0 Å². The van der Waals surface area contributed by atoms with Crippen LogP contribution in [0.25, 0.3) is 0 Å². The van der Waals surface area contributed by atoms with E-state index < -0.39 is 23.3 Å². The van der Waals surface area contributed by atoms with Crippen molar-refractivity contribution in [2.75, 3.05) is 0 Å². The van der Waals surface area contributed by atoms with Crippen LogP contribution in [0.1, 0.15) is 27.4 Å². The highest BCUT2D eigenvalue weighted by atomic mass is 19.1. The van der Waals surface area contributed by atoms with Crippen molar-refractivity contribution >= 4 is 5.78 Å². The first kappa shape index (κ1) is 13.9. The number of nitrogens with zero attached hydrogens (tertiary/aromatic N) is 1. The zero-order valence-electron chi connectivity index (χ0n) is 10.7. The lowest BCUT2D eigenvalue weighted by atomic mass is 9.90. The fourth-order valence-corrected chi connectivity index (χ4v) is 1.96. The Kier molecular flexibility index (Phi) is 3.90. The van der Waals surface area contributed by atoms with Gasteiger partial charge in [-0.05, 0) is 25.1 Å². The van der Waals surface area contributed by atoms with E-state index >= 15 is 0 Å². The van der Waals surface area contributed by atoms with Crippen molar-refractivity contribution < 1.29 is 13.6 Å². The van der Waals surface area contributed by atoms with Gasteiger partial charge in [0.15, 0.2) is 5.78 Å². The van der Waals surface area contributed by atoms with Gasteiger partial charge < -0.3 is 0 Å². The molecule has 0 saturated heterocycles. The van der Waals surface area contributed by atoms with Crippen molar-refractivity contribution in [1.29, 1.82) is 5.26 Å². The molecule has 2 rings (SSSR count). The molecule has 2 aromatic rings. The zero-order chi connectivity index (χ0) is 14.7. The lowest BCUT2D eigenvalue weighted by Gasteiger charge is -2.10. The van der Waals surface area contributed by atoms with Gasteiger partial charge in [0.05, 0.1) is 11.6 Å². The van der Waals surface area contributed by atoms with Crippen molar-refractivity contribution in [2.24, 2.45) is 0 Å². The number of ketones is 1. The van der Waals surface area contributed by atoms with Crippen molar-refractivity contribution in [3.05, 3.63) is 70.8 Å². The minimum Gasteiger partial charge on any atom is -0.292 e. The van der Waals surface area contributed by atoms with E-state index in [0.29, 0.717) is 5.56 Å². The van der Waals surface area contributed by atoms with Gasteiger partial charge in [0.1, 0.15) is 17.6 Å². The van der Waals surface area contributed by atoms with Crippen LogP contribution in [0.15, 0.2) is 42.5 Å². The third kappa shape index (κ3) is 2.57. The van der Waals surface area contributed by atoms with Crippen molar-refractivity contribution in [1.82, 2.24) is 0 Å². The second-order valence-corrected chi connectivity index (χ2v) is 4.43. The summed E-state index contributed by atoms with van der Waals surface area (Å²) in [6.07, 6.45) is 0. The molecule has 0 aliphatic carbocycles. The summed E-state index contributed by atoms with van der Waals surface area (Å²) in [6.45, 7) is 1.71. The summed E-state index contributed by atoms with van der Waals surface area (Å²) in [5.41, 5.74) is 0.459. The van der Waals surface area contributed by atoms with E-state index in [1.807, 2.05) is 0 Å². The Balaban J connectivity index is 2.48. The summed E-state index contributed by atoms with van der Waals surface area (Å²) >= 11 is 0. The minimum absolute atomic E-state index is 0.0408. The Bertz CT molecular complexity index is 704. The van der Waals surface area contributed by atoms with Crippen LogP contribution in [-0.4, -0.2) is 5.78 Å². The molecule has 0 N–H and O–H groups in total. The lowest BCUT2D eigenvalue weighted by Crippen LogP contribution is -2.14. The molecule has 20 heavy (non-hydrogen) atoms. The van der Waals surface area contributed by atoms with Crippen LogP contribution < -0.4 is 0 Å². The maximum Gasteiger partial charge on any atom is 0.187 e. The first-order valence-corrected chi connectivity index (χ1v) is 5.99. The summed E-state index contributed by atoms with van der Waals surface area (Å²) in [5, 5.41) is 9.14. The molecule has 0 bridgehead atoms. The van der Waals surface area contributed by atoms with E-state index in [-0.39, 0.29) is 11.1 Å². The highest BCUT2D eigenvalue weighted by molar-refractivity contribution is 6.03. The number of Topliss-reactive ketones (excluding diaryl/α,β-unsaturated/α-hetero) is 1. The average molecular weight is 271 g/mol. The number of halogens is 2. The zero-order valence-corrected chi connectivity index (χ0v) is 10.7. The first-order chi connectivity index (χ1) is 9.54. The summed E-state index contributed by atoms with van der Waals surface area (Å²) in [5.74, 6) is -3.45. The SMILES string of the molecule is Cc1ccc(F)c(C(=O)C(C#N)c2ccccc2F)c1. The van der Waals surface area contributed by atoms with E-state index in [0.717, 1.165) is 0 Å². The van der Waals surface area contributed by atoms with E-state index in [1.165, 1.54) is 42.5 Å². The Hall–Kier alpha value is -2.54. The van der Waals surface area contributed by atoms with Crippen LogP contribution in [0, 0.1) is 29.9 Å². The predicted octanol–water partition coefficient (Wildman–Crippen LogP) is 3.76. The highest BCUT2D eigenvalue weighted by Crippen LogP contribution is 2.24. The first-order valence-electron chi connectivity index (χ1n) is 5.99. The third-order valence-corrected chi connectivity index (χ3v) is 2.99. The summed E-state index contributed by atoms with van der Waals surface area (Å²) < 4.78 is 27.4. The Morgan fingerprint density at radius 1 is 1.15 bits per heavy atom. The average Bonchev–Trinajstić information content (AvgIpc) is 2.44. The topological polar surface area (TPSA) is 40.9 Å². The normalized spacial score (nSPS) is 11.7.